The molecule has 0 aromatic heterocycles. The minimum Gasteiger partial charge on any atom is -0.490 e. The molecule has 0 unspecified atom stereocenters. The minimum atomic E-state index is -0.0421. The fourth-order valence-corrected chi connectivity index (χ4v) is 4.20. The molecular formula is C20H28N2O3. The highest BCUT2D eigenvalue weighted by Crippen LogP contribution is 2.24. The highest BCUT2D eigenvalue weighted by Gasteiger charge is 2.32. The van der Waals surface area contributed by atoms with Crippen LogP contribution >= 0.6 is 0 Å². The first kappa shape index (κ1) is 16.9. The number of nitrogens with one attached hydrogen (secondary N) is 1. The molecule has 3 fully saturated rings. The van der Waals surface area contributed by atoms with Crippen molar-refractivity contribution in [2.75, 3.05) is 26.2 Å². The van der Waals surface area contributed by atoms with Gasteiger partial charge in [-0.15, -0.1) is 0 Å². The number of carbonyl (C=O) groups is 1. The fourth-order valence-electron chi connectivity index (χ4n) is 4.20. The van der Waals surface area contributed by atoms with E-state index >= 15 is 0 Å². The van der Waals surface area contributed by atoms with Gasteiger partial charge in [0.15, 0.2) is 0 Å². The van der Waals surface area contributed by atoms with Gasteiger partial charge in [-0.2, -0.15) is 0 Å². The molecule has 2 atom stereocenters. The Balaban J connectivity index is 1.24. The maximum Gasteiger partial charge on any atom is 0.251 e. The Bertz CT molecular complexity index is 583. The van der Waals surface area contributed by atoms with Gasteiger partial charge in [0.05, 0.1) is 18.8 Å². The Morgan fingerprint density at radius 2 is 1.96 bits per heavy atom. The molecule has 3 aliphatic rings. The predicted molar refractivity (Wildman–Crippen MR) is 96.0 cm³/mol. The average molecular weight is 344 g/mol. The summed E-state index contributed by atoms with van der Waals surface area (Å²) >= 11 is 0. The molecule has 2 heterocycles. The number of fused-ring (bicyclic) bond motifs is 1. The summed E-state index contributed by atoms with van der Waals surface area (Å²) in [6.07, 6.45) is 7.75. The van der Waals surface area contributed by atoms with E-state index in [2.05, 4.69) is 10.2 Å². The van der Waals surface area contributed by atoms with E-state index in [1.54, 1.807) is 0 Å². The van der Waals surface area contributed by atoms with Gasteiger partial charge in [-0.1, -0.05) is 0 Å². The third kappa shape index (κ3) is 4.15. The molecule has 1 aromatic rings. The van der Waals surface area contributed by atoms with Gasteiger partial charge in [0.2, 0.25) is 0 Å². The molecule has 4 rings (SSSR count). The summed E-state index contributed by atoms with van der Waals surface area (Å²) in [7, 11) is 0. The topological polar surface area (TPSA) is 50.8 Å². The van der Waals surface area contributed by atoms with E-state index in [1.807, 2.05) is 24.3 Å². The zero-order valence-corrected chi connectivity index (χ0v) is 14.8. The summed E-state index contributed by atoms with van der Waals surface area (Å²) in [6.45, 7) is 3.47. The van der Waals surface area contributed by atoms with Crippen molar-refractivity contribution in [3.05, 3.63) is 29.8 Å². The van der Waals surface area contributed by atoms with Gasteiger partial charge in [-0.3, -0.25) is 9.69 Å². The molecule has 1 amide bonds. The van der Waals surface area contributed by atoms with E-state index in [1.165, 1.54) is 32.2 Å². The molecule has 5 nitrogen and oxygen atoms in total. The van der Waals surface area contributed by atoms with Gasteiger partial charge in [-0.05, 0) is 69.3 Å². The number of rotatable bonds is 5. The van der Waals surface area contributed by atoms with Crippen LogP contribution in [0.2, 0.25) is 0 Å². The monoisotopic (exact) mass is 344 g/mol. The predicted octanol–water partition coefficient (Wildman–Crippen LogP) is 2.60. The van der Waals surface area contributed by atoms with Gasteiger partial charge >= 0.3 is 0 Å². The highest BCUT2D eigenvalue weighted by atomic mass is 16.5. The van der Waals surface area contributed by atoms with Crippen LogP contribution in [0.4, 0.5) is 0 Å². The fraction of sp³-hybridized carbons (Fsp3) is 0.650. The van der Waals surface area contributed by atoms with E-state index in [4.69, 9.17) is 9.47 Å². The lowest BCUT2D eigenvalue weighted by Gasteiger charge is -2.35. The Morgan fingerprint density at radius 3 is 2.76 bits per heavy atom. The highest BCUT2D eigenvalue weighted by molar-refractivity contribution is 5.94. The quantitative estimate of drug-likeness (QED) is 0.892. The van der Waals surface area contributed by atoms with Crippen molar-refractivity contribution in [1.29, 1.82) is 0 Å². The van der Waals surface area contributed by atoms with Gasteiger partial charge < -0.3 is 14.8 Å². The molecule has 1 N–H and O–H groups in total. The molecule has 2 aliphatic heterocycles. The van der Waals surface area contributed by atoms with E-state index < -0.39 is 0 Å². The van der Waals surface area contributed by atoms with Crippen molar-refractivity contribution in [2.24, 2.45) is 0 Å². The maximum absolute atomic E-state index is 12.3. The Morgan fingerprint density at radius 1 is 1.16 bits per heavy atom. The lowest BCUT2D eigenvalue weighted by molar-refractivity contribution is -0.0461. The Kier molecular flexibility index (Phi) is 5.22. The van der Waals surface area contributed by atoms with E-state index in [0.717, 1.165) is 31.7 Å². The van der Waals surface area contributed by atoms with Crippen LogP contribution in [0.3, 0.4) is 0 Å². The van der Waals surface area contributed by atoms with E-state index in [-0.39, 0.29) is 12.0 Å². The van der Waals surface area contributed by atoms with Crippen LogP contribution in [0.5, 0.6) is 5.75 Å². The summed E-state index contributed by atoms with van der Waals surface area (Å²) in [6, 6.07) is 8.09. The molecule has 25 heavy (non-hydrogen) atoms. The number of morpholine rings is 1. The smallest absolute Gasteiger partial charge is 0.251 e. The third-order valence-electron chi connectivity index (χ3n) is 5.67. The lowest BCUT2D eigenvalue weighted by Crippen LogP contribution is -2.50. The Labute approximate surface area is 149 Å². The second kappa shape index (κ2) is 7.75. The molecule has 1 aliphatic carbocycles. The number of hydrogen-bond donors (Lipinski definition) is 1. The van der Waals surface area contributed by atoms with E-state index in [0.29, 0.717) is 24.3 Å². The number of nitrogens with zero attached hydrogens (tertiary/aromatic N) is 1. The van der Waals surface area contributed by atoms with Crippen LogP contribution in [-0.4, -0.2) is 55.3 Å². The molecule has 1 aromatic carbocycles. The van der Waals surface area contributed by atoms with Crippen LogP contribution < -0.4 is 10.1 Å². The van der Waals surface area contributed by atoms with Crippen molar-refractivity contribution in [3.63, 3.8) is 0 Å². The number of carbonyl (C=O) groups excluding carboxylic acids is 1. The number of hydrogen-bond acceptors (Lipinski definition) is 4. The summed E-state index contributed by atoms with van der Waals surface area (Å²) in [5.41, 5.74) is 0.675. The van der Waals surface area contributed by atoms with Gasteiger partial charge in [0.25, 0.3) is 5.91 Å². The SMILES string of the molecule is O=C(NC[C@@H]1CN2CCC[C@@H]2CO1)c1ccc(OC2CCCC2)cc1. The first-order valence-electron chi connectivity index (χ1n) is 9.68. The molecule has 136 valence electrons. The van der Waals surface area contributed by atoms with Crippen LogP contribution in [-0.2, 0) is 4.74 Å². The molecule has 0 spiro atoms. The lowest BCUT2D eigenvalue weighted by atomic mass is 10.1. The first-order valence-corrected chi connectivity index (χ1v) is 9.68. The second-order valence-corrected chi connectivity index (χ2v) is 7.51. The second-order valence-electron chi connectivity index (χ2n) is 7.51. The molecule has 2 saturated heterocycles. The maximum atomic E-state index is 12.3. The van der Waals surface area contributed by atoms with Gasteiger partial charge in [0, 0.05) is 24.7 Å². The number of amides is 1. The van der Waals surface area contributed by atoms with Crippen molar-refractivity contribution in [2.45, 2.75) is 56.8 Å². The summed E-state index contributed by atoms with van der Waals surface area (Å²) in [4.78, 5) is 14.8. The summed E-state index contributed by atoms with van der Waals surface area (Å²) in [5.74, 6) is 0.818. The van der Waals surface area contributed by atoms with E-state index in [9.17, 15) is 4.79 Å². The average Bonchev–Trinajstić information content (AvgIpc) is 3.31. The molecule has 0 bridgehead atoms. The van der Waals surface area contributed by atoms with Crippen molar-refractivity contribution < 1.29 is 14.3 Å². The first-order chi connectivity index (χ1) is 12.3. The van der Waals surface area contributed by atoms with Gasteiger partial charge in [-0.25, -0.2) is 0 Å². The van der Waals surface area contributed by atoms with Crippen molar-refractivity contribution in [1.82, 2.24) is 10.2 Å². The molecular weight excluding hydrogens is 316 g/mol. The normalized spacial score (nSPS) is 27.2. The van der Waals surface area contributed by atoms with Crippen LogP contribution in [0.25, 0.3) is 0 Å². The van der Waals surface area contributed by atoms with Crippen LogP contribution in [0, 0.1) is 0 Å². The third-order valence-corrected chi connectivity index (χ3v) is 5.67. The van der Waals surface area contributed by atoms with Crippen molar-refractivity contribution in [3.8, 4) is 5.75 Å². The largest absolute Gasteiger partial charge is 0.490 e. The molecule has 5 heteroatoms. The van der Waals surface area contributed by atoms with Crippen molar-refractivity contribution >= 4 is 5.91 Å². The van der Waals surface area contributed by atoms with Crippen LogP contribution in [0.1, 0.15) is 48.9 Å². The molecule has 1 saturated carbocycles. The number of benzene rings is 1. The van der Waals surface area contributed by atoms with Crippen LogP contribution in [0.15, 0.2) is 24.3 Å². The van der Waals surface area contributed by atoms with Gasteiger partial charge in [0.1, 0.15) is 5.75 Å². The zero-order chi connectivity index (χ0) is 17.1. The summed E-state index contributed by atoms with van der Waals surface area (Å²) in [5, 5.41) is 3.01. The summed E-state index contributed by atoms with van der Waals surface area (Å²) < 4.78 is 11.8. The number of ether oxygens (including phenoxy) is 2. The molecule has 0 radical (unpaired) electrons. The standard InChI is InChI=1S/C20H28N2O3/c23-20(21-12-19-13-22-11-3-4-16(22)14-24-19)15-7-9-18(10-8-15)25-17-5-1-2-6-17/h7-10,16-17,19H,1-6,11-14H2,(H,21,23)/t16-,19-/m1/s1. The minimum absolute atomic E-state index is 0.0421. The Hall–Kier alpha value is -1.59. The zero-order valence-electron chi connectivity index (χ0n) is 14.8.